The number of rotatable bonds is 4. The Morgan fingerprint density at radius 2 is 1.93 bits per heavy atom. The molecule has 6 nitrogen and oxygen atoms in total. The molecule has 1 atom stereocenters. The summed E-state index contributed by atoms with van der Waals surface area (Å²) >= 11 is 0. The molecule has 0 aliphatic carbocycles. The van der Waals surface area contributed by atoms with Crippen LogP contribution in [0.2, 0.25) is 0 Å². The summed E-state index contributed by atoms with van der Waals surface area (Å²) in [5.74, 6) is -1.30. The zero-order chi connectivity index (χ0) is 20.7. The van der Waals surface area contributed by atoms with Gasteiger partial charge in [-0.2, -0.15) is 5.10 Å². The number of carbonyl (C=O) groups excluding carboxylic acids is 2. The minimum absolute atomic E-state index is 0.00591. The number of halogens is 1. The smallest absolute Gasteiger partial charge is 0.226 e. The SMILES string of the molecule is COc1cc(C(=O)[C@@H]2CC(=O)Nc3c2c(C)nn3-c2ccc(C)cc2)ccc1F. The van der Waals surface area contributed by atoms with Crippen LogP contribution in [-0.2, 0) is 4.79 Å². The van der Waals surface area contributed by atoms with Crippen LogP contribution in [0.5, 0.6) is 5.75 Å². The summed E-state index contributed by atoms with van der Waals surface area (Å²) in [5.41, 5.74) is 3.52. The highest BCUT2D eigenvalue weighted by atomic mass is 19.1. The Hall–Kier alpha value is -3.48. The number of carbonyl (C=O) groups is 2. The summed E-state index contributed by atoms with van der Waals surface area (Å²) in [4.78, 5) is 25.6. The third kappa shape index (κ3) is 3.29. The number of aromatic nitrogens is 2. The number of ether oxygens (including phenoxy) is 1. The van der Waals surface area contributed by atoms with E-state index in [0.29, 0.717) is 17.1 Å². The van der Waals surface area contributed by atoms with Crippen molar-refractivity contribution in [2.75, 3.05) is 12.4 Å². The number of fused-ring (bicyclic) bond motifs is 1. The molecule has 1 aromatic heterocycles. The molecule has 0 fully saturated rings. The number of benzene rings is 2. The number of nitrogens with one attached hydrogen (secondary N) is 1. The van der Waals surface area contributed by atoms with Gasteiger partial charge in [0.1, 0.15) is 5.82 Å². The van der Waals surface area contributed by atoms with Gasteiger partial charge in [0.25, 0.3) is 0 Å². The van der Waals surface area contributed by atoms with Gasteiger partial charge in [0, 0.05) is 17.5 Å². The van der Waals surface area contributed by atoms with Gasteiger partial charge < -0.3 is 10.1 Å². The number of anilines is 1. The summed E-state index contributed by atoms with van der Waals surface area (Å²) in [6, 6.07) is 11.7. The second kappa shape index (κ2) is 7.16. The Morgan fingerprint density at radius 1 is 1.21 bits per heavy atom. The van der Waals surface area contributed by atoms with E-state index >= 15 is 0 Å². The predicted octanol–water partition coefficient (Wildman–Crippen LogP) is 3.95. The summed E-state index contributed by atoms with van der Waals surface area (Å²) in [5, 5.41) is 7.42. The van der Waals surface area contributed by atoms with E-state index in [2.05, 4.69) is 10.4 Å². The van der Waals surface area contributed by atoms with Crippen molar-refractivity contribution in [3.05, 3.63) is 70.7 Å². The highest BCUT2D eigenvalue weighted by Crippen LogP contribution is 2.38. The third-order valence-electron chi connectivity index (χ3n) is 5.13. The van der Waals surface area contributed by atoms with Crippen molar-refractivity contribution < 1.29 is 18.7 Å². The lowest BCUT2D eigenvalue weighted by Gasteiger charge is -2.23. The van der Waals surface area contributed by atoms with E-state index < -0.39 is 11.7 Å². The van der Waals surface area contributed by atoms with Crippen LogP contribution in [0.15, 0.2) is 42.5 Å². The number of ketones is 1. The Balaban J connectivity index is 1.80. The average molecular weight is 393 g/mol. The van der Waals surface area contributed by atoms with Crippen molar-refractivity contribution in [3.8, 4) is 11.4 Å². The van der Waals surface area contributed by atoms with Crippen molar-refractivity contribution in [1.82, 2.24) is 9.78 Å². The first-order valence-corrected chi connectivity index (χ1v) is 9.23. The van der Waals surface area contributed by atoms with Gasteiger partial charge in [-0.3, -0.25) is 9.59 Å². The number of hydrogen-bond donors (Lipinski definition) is 1. The number of methoxy groups -OCH3 is 1. The molecular formula is C22H20FN3O3. The normalized spacial score (nSPS) is 15.6. The topological polar surface area (TPSA) is 73.2 Å². The lowest BCUT2D eigenvalue weighted by molar-refractivity contribution is -0.116. The Kier molecular flexibility index (Phi) is 4.66. The third-order valence-corrected chi connectivity index (χ3v) is 5.13. The molecule has 0 saturated carbocycles. The molecule has 4 rings (SSSR count). The molecule has 2 aromatic carbocycles. The molecule has 0 bridgehead atoms. The molecular weight excluding hydrogens is 373 g/mol. The van der Waals surface area contributed by atoms with Crippen LogP contribution in [0.1, 0.15) is 39.5 Å². The molecule has 1 aliphatic rings. The van der Waals surface area contributed by atoms with Crippen molar-refractivity contribution in [2.45, 2.75) is 26.2 Å². The predicted molar refractivity (Wildman–Crippen MR) is 106 cm³/mol. The van der Waals surface area contributed by atoms with Gasteiger partial charge in [-0.05, 0) is 44.2 Å². The molecule has 2 heterocycles. The first-order chi connectivity index (χ1) is 13.9. The largest absolute Gasteiger partial charge is 0.494 e. The van der Waals surface area contributed by atoms with Crippen molar-refractivity contribution in [1.29, 1.82) is 0 Å². The maximum atomic E-state index is 13.7. The van der Waals surface area contributed by atoms with Gasteiger partial charge in [0.15, 0.2) is 17.3 Å². The highest BCUT2D eigenvalue weighted by Gasteiger charge is 2.36. The maximum Gasteiger partial charge on any atom is 0.226 e. The zero-order valence-electron chi connectivity index (χ0n) is 16.3. The first kappa shape index (κ1) is 18.9. The van der Waals surface area contributed by atoms with Gasteiger partial charge in [-0.15, -0.1) is 0 Å². The number of amides is 1. The molecule has 1 N–H and O–H groups in total. The summed E-state index contributed by atoms with van der Waals surface area (Å²) in [6.07, 6.45) is 0.00591. The van der Waals surface area contributed by atoms with Crippen LogP contribution in [0.25, 0.3) is 5.69 Å². The molecule has 0 saturated heterocycles. The highest BCUT2D eigenvalue weighted by molar-refractivity contribution is 6.08. The Bertz CT molecular complexity index is 1120. The molecule has 0 spiro atoms. The van der Waals surface area contributed by atoms with Crippen LogP contribution >= 0.6 is 0 Å². The van der Waals surface area contributed by atoms with Gasteiger partial charge in [-0.1, -0.05) is 17.7 Å². The fourth-order valence-corrected chi connectivity index (χ4v) is 3.66. The van der Waals surface area contributed by atoms with E-state index in [9.17, 15) is 14.0 Å². The van der Waals surface area contributed by atoms with E-state index in [-0.39, 0.29) is 29.4 Å². The van der Waals surface area contributed by atoms with Gasteiger partial charge in [0.2, 0.25) is 5.91 Å². The fourth-order valence-electron chi connectivity index (χ4n) is 3.66. The van der Waals surface area contributed by atoms with E-state index in [4.69, 9.17) is 4.74 Å². The second-order valence-electron chi connectivity index (χ2n) is 7.11. The molecule has 148 valence electrons. The van der Waals surface area contributed by atoms with Crippen LogP contribution in [-0.4, -0.2) is 28.6 Å². The van der Waals surface area contributed by atoms with E-state index in [1.54, 1.807) is 4.68 Å². The van der Waals surface area contributed by atoms with Crippen LogP contribution in [0, 0.1) is 19.7 Å². The van der Waals surface area contributed by atoms with Gasteiger partial charge in [0.05, 0.1) is 24.4 Å². The number of aryl methyl sites for hydroxylation is 2. The fraction of sp³-hybridized carbons (Fsp3) is 0.227. The molecule has 7 heteroatoms. The molecule has 1 amide bonds. The second-order valence-corrected chi connectivity index (χ2v) is 7.11. The number of nitrogens with zero attached hydrogens (tertiary/aromatic N) is 2. The van der Waals surface area contributed by atoms with E-state index in [1.165, 1.54) is 25.3 Å². The van der Waals surface area contributed by atoms with Crippen LogP contribution < -0.4 is 10.1 Å². The van der Waals surface area contributed by atoms with E-state index in [0.717, 1.165) is 11.3 Å². The van der Waals surface area contributed by atoms with Gasteiger partial charge >= 0.3 is 0 Å². The lowest BCUT2D eigenvalue weighted by Crippen LogP contribution is -2.28. The molecule has 29 heavy (non-hydrogen) atoms. The maximum absolute atomic E-state index is 13.7. The average Bonchev–Trinajstić information content (AvgIpc) is 3.04. The summed E-state index contributed by atoms with van der Waals surface area (Å²) < 4.78 is 20.4. The molecule has 0 radical (unpaired) electrons. The standard InChI is InChI=1S/C22H20FN3O3/c1-12-4-7-15(8-5-12)26-22-20(13(2)25-26)16(11-19(27)24-22)21(28)14-6-9-17(23)18(10-14)29-3/h4-10,16H,11H2,1-3H3,(H,24,27)/t16-/m1/s1. The number of hydrogen-bond acceptors (Lipinski definition) is 4. The van der Waals surface area contributed by atoms with Crippen LogP contribution in [0.3, 0.4) is 0 Å². The summed E-state index contributed by atoms with van der Waals surface area (Å²) in [6.45, 7) is 3.80. The Labute approximate surface area is 167 Å². The quantitative estimate of drug-likeness (QED) is 0.682. The van der Waals surface area contributed by atoms with Gasteiger partial charge in [-0.25, -0.2) is 9.07 Å². The van der Waals surface area contributed by atoms with Crippen LogP contribution in [0.4, 0.5) is 10.2 Å². The first-order valence-electron chi connectivity index (χ1n) is 9.23. The minimum Gasteiger partial charge on any atom is -0.494 e. The molecule has 3 aromatic rings. The molecule has 1 aliphatic heterocycles. The number of Topliss-reactive ketones (excluding diaryl/α,β-unsaturated/α-hetero) is 1. The monoisotopic (exact) mass is 393 g/mol. The minimum atomic E-state index is -0.701. The zero-order valence-corrected chi connectivity index (χ0v) is 16.3. The Morgan fingerprint density at radius 3 is 2.62 bits per heavy atom. The van der Waals surface area contributed by atoms with E-state index in [1.807, 2.05) is 38.1 Å². The summed E-state index contributed by atoms with van der Waals surface area (Å²) in [7, 11) is 1.34. The lowest BCUT2D eigenvalue weighted by atomic mass is 9.85. The molecule has 0 unspecified atom stereocenters. The van der Waals surface area contributed by atoms with Crippen molar-refractivity contribution in [3.63, 3.8) is 0 Å². The van der Waals surface area contributed by atoms with Crippen molar-refractivity contribution in [2.24, 2.45) is 0 Å². The van der Waals surface area contributed by atoms with Crippen molar-refractivity contribution >= 4 is 17.5 Å².